The summed E-state index contributed by atoms with van der Waals surface area (Å²) >= 11 is 3.29. The third-order valence-electron chi connectivity index (χ3n) is 3.37. The SMILES string of the molecule is O=C(c1ccc(Br)nc1)N(CC1CC1)C1CC1. The minimum absolute atomic E-state index is 0.152. The van der Waals surface area contributed by atoms with Crippen molar-refractivity contribution in [2.24, 2.45) is 5.92 Å². The number of nitrogens with zero attached hydrogens (tertiary/aromatic N) is 2. The van der Waals surface area contributed by atoms with Crippen LogP contribution in [0.5, 0.6) is 0 Å². The third kappa shape index (κ3) is 2.68. The van der Waals surface area contributed by atoms with Crippen molar-refractivity contribution in [2.75, 3.05) is 6.54 Å². The van der Waals surface area contributed by atoms with E-state index in [4.69, 9.17) is 0 Å². The van der Waals surface area contributed by atoms with Gasteiger partial charge in [-0.05, 0) is 59.7 Å². The van der Waals surface area contributed by atoms with E-state index in [1.807, 2.05) is 12.1 Å². The van der Waals surface area contributed by atoms with Gasteiger partial charge in [-0.25, -0.2) is 4.98 Å². The van der Waals surface area contributed by atoms with Crippen LogP contribution in [0.4, 0.5) is 0 Å². The Morgan fingerprint density at radius 3 is 2.65 bits per heavy atom. The van der Waals surface area contributed by atoms with Gasteiger partial charge in [-0.2, -0.15) is 0 Å². The molecule has 3 nitrogen and oxygen atoms in total. The Hall–Kier alpha value is -0.900. The highest BCUT2D eigenvalue weighted by Gasteiger charge is 2.36. The molecule has 0 atom stereocenters. The lowest BCUT2D eigenvalue weighted by atomic mass is 10.2. The van der Waals surface area contributed by atoms with Crippen LogP contribution in [0.2, 0.25) is 0 Å². The zero-order valence-electron chi connectivity index (χ0n) is 9.60. The Kier molecular flexibility index (Phi) is 2.90. The van der Waals surface area contributed by atoms with Gasteiger partial charge < -0.3 is 4.90 Å². The topological polar surface area (TPSA) is 33.2 Å². The van der Waals surface area contributed by atoms with Crippen molar-refractivity contribution in [1.29, 1.82) is 0 Å². The van der Waals surface area contributed by atoms with E-state index in [0.717, 1.165) is 17.1 Å². The number of hydrogen-bond acceptors (Lipinski definition) is 2. The van der Waals surface area contributed by atoms with Crippen LogP contribution in [0.1, 0.15) is 36.0 Å². The number of halogens is 1. The molecule has 0 bridgehead atoms. The van der Waals surface area contributed by atoms with Crippen LogP contribution in [0.25, 0.3) is 0 Å². The summed E-state index contributed by atoms with van der Waals surface area (Å²) in [5.41, 5.74) is 0.709. The summed E-state index contributed by atoms with van der Waals surface area (Å²) in [5.74, 6) is 0.905. The van der Waals surface area contributed by atoms with Gasteiger partial charge in [0.15, 0.2) is 0 Å². The Labute approximate surface area is 109 Å². The maximum absolute atomic E-state index is 12.4. The smallest absolute Gasteiger partial charge is 0.255 e. The second kappa shape index (κ2) is 4.41. The Morgan fingerprint density at radius 2 is 2.12 bits per heavy atom. The van der Waals surface area contributed by atoms with Gasteiger partial charge in [0.1, 0.15) is 4.60 Å². The van der Waals surface area contributed by atoms with E-state index >= 15 is 0 Å². The van der Waals surface area contributed by atoms with Gasteiger partial charge in [-0.1, -0.05) is 0 Å². The molecule has 1 heterocycles. The van der Waals surface area contributed by atoms with E-state index in [0.29, 0.717) is 11.6 Å². The van der Waals surface area contributed by atoms with E-state index in [2.05, 4.69) is 25.8 Å². The number of carbonyl (C=O) groups excluding carboxylic acids is 1. The molecule has 0 N–H and O–H groups in total. The lowest BCUT2D eigenvalue weighted by Crippen LogP contribution is -2.34. The van der Waals surface area contributed by atoms with Crippen LogP contribution >= 0.6 is 15.9 Å². The molecule has 0 aliphatic heterocycles. The summed E-state index contributed by atoms with van der Waals surface area (Å²) in [4.78, 5) is 18.6. The molecule has 1 aromatic rings. The second-order valence-corrected chi connectivity index (χ2v) is 5.81. The highest BCUT2D eigenvalue weighted by Crippen LogP contribution is 2.35. The molecule has 0 unspecified atom stereocenters. The van der Waals surface area contributed by atoms with Gasteiger partial charge in [0.25, 0.3) is 5.91 Å². The monoisotopic (exact) mass is 294 g/mol. The number of hydrogen-bond donors (Lipinski definition) is 0. The number of aromatic nitrogens is 1. The molecule has 2 saturated carbocycles. The Bertz CT molecular complexity index is 424. The standard InChI is InChI=1S/C13H15BrN2O/c14-12-6-3-10(7-15-12)13(17)16(11-4-5-11)8-9-1-2-9/h3,6-7,9,11H,1-2,4-5,8H2. The molecule has 0 radical (unpaired) electrons. The lowest BCUT2D eigenvalue weighted by molar-refractivity contribution is 0.0734. The van der Waals surface area contributed by atoms with Crippen LogP contribution < -0.4 is 0 Å². The summed E-state index contributed by atoms with van der Waals surface area (Å²) < 4.78 is 0.772. The number of rotatable bonds is 4. The van der Waals surface area contributed by atoms with Crippen LogP contribution in [-0.2, 0) is 0 Å². The first-order valence-electron chi connectivity index (χ1n) is 6.16. The molecule has 1 aromatic heterocycles. The van der Waals surface area contributed by atoms with Crippen molar-refractivity contribution in [1.82, 2.24) is 9.88 Å². The largest absolute Gasteiger partial charge is 0.335 e. The Balaban J connectivity index is 1.75. The summed E-state index contributed by atoms with van der Waals surface area (Å²) in [6.07, 6.45) is 6.57. The first kappa shape index (κ1) is 11.2. The van der Waals surface area contributed by atoms with E-state index in [-0.39, 0.29) is 5.91 Å². The van der Waals surface area contributed by atoms with Gasteiger partial charge in [0.2, 0.25) is 0 Å². The predicted molar refractivity (Wildman–Crippen MR) is 68.7 cm³/mol. The molecule has 0 saturated heterocycles. The summed E-state index contributed by atoms with van der Waals surface area (Å²) in [5, 5.41) is 0. The van der Waals surface area contributed by atoms with Crippen LogP contribution in [0, 0.1) is 5.92 Å². The molecule has 2 aliphatic rings. The normalized spacial score (nSPS) is 19.1. The zero-order chi connectivity index (χ0) is 11.8. The zero-order valence-corrected chi connectivity index (χ0v) is 11.2. The fourth-order valence-corrected chi connectivity index (χ4v) is 2.27. The highest BCUT2D eigenvalue weighted by molar-refractivity contribution is 9.10. The third-order valence-corrected chi connectivity index (χ3v) is 3.84. The summed E-state index contributed by atoms with van der Waals surface area (Å²) in [6.45, 7) is 0.944. The average Bonchev–Trinajstić information content (AvgIpc) is 3.18. The summed E-state index contributed by atoms with van der Waals surface area (Å²) in [6, 6.07) is 4.17. The number of carbonyl (C=O) groups is 1. The Morgan fingerprint density at radius 1 is 1.35 bits per heavy atom. The van der Waals surface area contributed by atoms with Crippen molar-refractivity contribution in [2.45, 2.75) is 31.7 Å². The predicted octanol–water partition coefficient (Wildman–Crippen LogP) is 2.86. The maximum atomic E-state index is 12.4. The minimum Gasteiger partial charge on any atom is -0.335 e. The molecule has 4 heteroatoms. The molecule has 0 aromatic carbocycles. The molecule has 2 fully saturated rings. The molecule has 1 amide bonds. The maximum Gasteiger partial charge on any atom is 0.255 e. The lowest BCUT2D eigenvalue weighted by Gasteiger charge is -2.22. The number of pyridine rings is 1. The van der Waals surface area contributed by atoms with Gasteiger partial charge in [0.05, 0.1) is 5.56 Å². The van der Waals surface area contributed by atoms with Crippen molar-refractivity contribution >= 4 is 21.8 Å². The van der Waals surface area contributed by atoms with Crippen molar-refractivity contribution < 1.29 is 4.79 Å². The van der Waals surface area contributed by atoms with Gasteiger partial charge in [-0.15, -0.1) is 0 Å². The molecule has 3 rings (SSSR count). The molecule has 2 aliphatic carbocycles. The van der Waals surface area contributed by atoms with Crippen molar-refractivity contribution in [3.05, 3.63) is 28.5 Å². The van der Waals surface area contributed by atoms with E-state index < -0.39 is 0 Å². The second-order valence-electron chi connectivity index (χ2n) is 5.00. The molecule has 0 spiro atoms. The number of amides is 1. The van der Waals surface area contributed by atoms with Gasteiger partial charge in [-0.3, -0.25) is 4.79 Å². The molecule has 17 heavy (non-hydrogen) atoms. The van der Waals surface area contributed by atoms with E-state index in [1.54, 1.807) is 6.20 Å². The van der Waals surface area contributed by atoms with Crippen molar-refractivity contribution in [3.63, 3.8) is 0 Å². The fourth-order valence-electron chi connectivity index (χ4n) is 2.03. The van der Waals surface area contributed by atoms with Gasteiger partial charge in [0, 0.05) is 18.8 Å². The van der Waals surface area contributed by atoms with Crippen molar-refractivity contribution in [3.8, 4) is 0 Å². The van der Waals surface area contributed by atoms with Crippen LogP contribution in [0.3, 0.4) is 0 Å². The highest BCUT2D eigenvalue weighted by atomic mass is 79.9. The van der Waals surface area contributed by atoms with E-state index in [1.165, 1.54) is 25.7 Å². The molecular formula is C13H15BrN2O. The molecular weight excluding hydrogens is 280 g/mol. The van der Waals surface area contributed by atoms with Crippen LogP contribution in [-0.4, -0.2) is 28.4 Å². The van der Waals surface area contributed by atoms with E-state index in [9.17, 15) is 4.79 Å². The quantitative estimate of drug-likeness (QED) is 0.800. The summed E-state index contributed by atoms with van der Waals surface area (Å²) in [7, 11) is 0. The first-order chi connectivity index (χ1) is 8.24. The van der Waals surface area contributed by atoms with Crippen LogP contribution in [0.15, 0.2) is 22.9 Å². The average molecular weight is 295 g/mol. The molecule has 90 valence electrons. The first-order valence-corrected chi connectivity index (χ1v) is 6.96. The van der Waals surface area contributed by atoms with Gasteiger partial charge >= 0.3 is 0 Å². The fraction of sp³-hybridized carbons (Fsp3) is 0.538. The minimum atomic E-state index is 0.152.